The van der Waals surface area contributed by atoms with E-state index < -0.39 is 0 Å². The Morgan fingerprint density at radius 3 is 3.05 bits per heavy atom. The van der Waals surface area contributed by atoms with Crippen molar-refractivity contribution >= 4 is 21.6 Å². The topological polar surface area (TPSA) is 84.5 Å². The van der Waals surface area contributed by atoms with Gasteiger partial charge in [-0.3, -0.25) is 0 Å². The third kappa shape index (κ3) is 2.47. The van der Waals surface area contributed by atoms with E-state index in [0.29, 0.717) is 18.3 Å². The van der Waals surface area contributed by atoms with Crippen LogP contribution in [0.4, 0.5) is 10.3 Å². The summed E-state index contributed by atoms with van der Waals surface area (Å²) in [6.45, 7) is 2.03. The molecule has 0 saturated carbocycles. The molecular weight excluding hydrogens is 264 g/mol. The number of aliphatic hydroxyl groups is 1. The van der Waals surface area contributed by atoms with Crippen molar-refractivity contribution in [3.05, 3.63) is 29.3 Å². The van der Waals surface area contributed by atoms with Gasteiger partial charge in [0.2, 0.25) is 10.3 Å². The van der Waals surface area contributed by atoms with Crippen LogP contribution in [0.1, 0.15) is 11.1 Å². The molecule has 0 fully saturated rings. The van der Waals surface area contributed by atoms with Gasteiger partial charge < -0.3 is 20.5 Å². The normalized spacial score (nSPS) is 14.7. The number of rotatable bonds is 2. The summed E-state index contributed by atoms with van der Waals surface area (Å²) in [6.07, 6.45) is 0. The highest BCUT2D eigenvalue weighted by molar-refractivity contribution is 7.18. The number of hydrogen-bond acceptors (Lipinski definition) is 7. The lowest BCUT2D eigenvalue weighted by atomic mass is 10.1. The van der Waals surface area contributed by atoms with Crippen LogP contribution < -0.4 is 15.4 Å². The van der Waals surface area contributed by atoms with Crippen LogP contribution in [0.5, 0.6) is 5.75 Å². The van der Waals surface area contributed by atoms with Crippen LogP contribution in [0, 0.1) is 0 Å². The number of nitrogens with two attached hydrogens (primary N) is 1. The van der Waals surface area contributed by atoms with E-state index in [1.807, 2.05) is 18.2 Å². The number of benzene rings is 1. The van der Waals surface area contributed by atoms with Gasteiger partial charge in [0, 0.05) is 12.1 Å². The number of hydrogen-bond donors (Lipinski definition) is 2. The molecule has 7 heteroatoms. The molecule has 0 amide bonds. The highest BCUT2D eigenvalue weighted by Gasteiger charge is 2.18. The molecule has 0 spiro atoms. The van der Waals surface area contributed by atoms with Crippen molar-refractivity contribution in [3.8, 4) is 5.75 Å². The maximum atomic E-state index is 9.20. The molecule has 2 aromatic rings. The zero-order valence-corrected chi connectivity index (χ0v) is 11.1. The van der Waals surface area contributed by atoms with E-state index in [2.05, 4.69) is 15.1 Å². The third-order valence-corrected chi connectivity index (χ3v) is 3.80. The quantitative estimate of drug-likeness (QED) is 0.853. The molecule has 1 aromatic carbocycles. The van der Waals surface area contributed by atoms with Crippen LogP contribution in [0.3, 0.4) is 0 Å². The highest BCUT2D eigenvalue weighted by atomic mass is 32.1. The Balaban J connectivity index is 1.90. The summed E-state index contributed by atoms with van der Waals surface area (Å²) in [4.78, 5) is 2.08. The second-order valence-electron chi connectivity index (χ2n) is 4.29. The second-order valence-corrected chi connectivity index (χ2v) is 5.28. The van der Waals surface area contributed by atoms with E-state index in [-0.39, 0.29) is 6.61 Å². The zero-order chi connectivity index (χ0) is 13.2. The van der Waals surface area contributed by atoms with Gasteiger partial charge in [0.05, 0.1) is 13.2 Å². The third-order valence-electron chi connectivity index (χ3n) is 2.99. The zero-order valence-electron chi connectivity index (χ0n) is 10.2. The Hall–Kier alpha value is -1.86. The molecule has 0 saturated heterocycles. The first-order chi connectivity index (χ1) is 9.26. The summed E-state index contributed by atoms with van der Waals surface area (Å²) in [5, 5.41) is 18.4. The van der Waals surface area contributed by atoms with E-state index in [4.69, 9.17) is 10.5 Å². The smallest absolute Gasteiger partial charge is 0.210 e. The summed E-state index contributed by atoms with van der Waals surface area (Å²) in [5.74, 6) is 0.859. The predicted octanol–water partition coefficient (Wildman–Crippen LogP) is 1.01. The largest absolute Gasteiger partial charge is 0.491 e. The number of nitrogen functional groups attached to an aromatic ring is 1. The monoisotopic (exact) mass is 278 g/mol. The van der Waals surface area contributed by atoms with Crippen LogP contribution in [-0.2, 0) is 13.2 Å². The van der Waals surface area contributed by atoms with E-state index in [9.17, 15) is 5.11 Å². The Kier molecular flexibility index (Phi) is 3.22. The van der Waals surface area contributed by atoms with Gasteiger partial charge in [-0.25, -0.2) is 0 Å². The molecule has 3 rings (SSSR count). The van der Waals surface area contributed by atoms with Gasteiger partial charge in [0.25, 0.3) is 0 Å². The van der Waals surface area contributed by atoms with Gasteiger partial charge >= 0.3 is 0 Å². The van der Waals surface area contributed by atoms with Crippen LogP contribution >= 0.6 is 11.3 Å². The first kappa shape index (κ1) is 12.2. The van der Waals surface area contributed by atoms with E-state index in [1.165, 1.54) is 11.3 Å². The number of ether oxygens (including phenoxy) is 1. The van der Waals surface area contributed by atoms with Crippen LogP contribution in [0.25, 0.3) is 0 Å². The van der Waals surface area contributed by atoms with Crippen molar-refractivity contribution < 1.29 is 9.84 Å². The maximum absolute atomic E-state index is 9.20. The van der Waals surface area contributed by atoms with Gasteiger partial charge in [-0.05, 0) is 17.7 Å². The average molecular weight is 278 g/mol. The van der Waals surface area contributed by atoms with Crippen molar-refractivity contribution in [1.29, 1.82) is 0 Å². The molecule has 3 N–H and O–H groups in total. The summed E-state index contributed by atoms with van der Waals surface area (Å²) in [5.41, 5.74) is 7.53. The number of fused-ring (bicyclic) bond motifs is 1. The second kappa shape index (κ2) is 5.02. The Labute approximate surface area is 114 Å². The fraction of sp³-hybridized carbons (Fsp3) is 0.333. The van der Waals surface area contributed by atoms with Gasteiger partial charge in [0.1, 0.15) is 12.4 Å². The molecule has 1 aliphatic rings. The lowest BCUT2D eigenvalue weighted by molar-refractivity contribution is 0.281. The minimum atomic E-state index is 0.0268. The summed E-state index contributed by atoms with van der Waals surface area (Å²) >= 11 is 1.36. The van der Waals surface area contributed by atoms with Crippen molar-refractivity contribution in [1.82, 2.24) is 10.2 Å². The molecule has 6 nitrogen and oxygen atoms in total. The minimum Gasteiger partial charge on any atom is -0.491 e. The van der Waals surface area contributed by atoms with Gasteiger partial charge in [-0.15, -0.1) is 10.2 Å². The van der Waals surface area contributed by atoms with Gasteiger partial charge in [0.15, 0.2) is 0 Å². The molecule has 0 atom stereocenters. The summed E-state index contributed by atoms with van der Waals surface area (Å²) in [7, 11) is 0. The van der Waals surface area contributed by atoms with E-state index >= 15 is 0 Å². The van der Waals surface area contributed by atoms with Crippen molar-refractivity contribution in [2.45, 2.75) is 13.2 Å². The standard InChI is InChI=1S/C12H14N4O2S/c13-11-14-15-12(19-11)16-3-4-18-10-2-1-8(7-17)5-9(10)6-16/h1-2,5,17H,3-4,6-7H2,(H2,13,14). The first-order valence-electron chi connectivity index (χ1n) is 5.95. The number of nitrogens with zero attached hydrogens (tertiary/aromatic N) is 3. The molecular formula is C12H14N4O2S. The fourth-order valence-corrected chi connectivity index (χ4v) is 2.70. The molecule has 1 aromatic heterocycles. The molecule has 0 unspecified atom stereocenters. The molecule has 0 aliphatic carbocycles. The summed E-state index contributed by atoms with van der Waals surface area (Å²) in [6, 6.07) is 5.73. The Morgan fingerprint density at radius 1 is 1.42 bits per heavy atom. The Morgan fingerprint density at radius 2 is 2.32 bits per heavy atom. The van der Waals surface area contributed by atoms with Gasteiger partial charge in [-0.1, -0.05) is 17.4 Å². The molecule has 2 heterocycles. The van der Waals surface area contributed by atoms with Crippen LogP contribution in [0.2, 0.25) is 0 Å². The number of aromatic nitrogens is 2. The SMILES string of the molecule is Nc1nnc(N2CCOc3ccc(CO)cc3C2)s1. The maximum Gasteiger partial charge on any atom is 0.210 e. The Bertz CT molecular complexity index is 587. The van der Waals surface area contributed by atoms with Crippen molar-refractivity contribution in [2.75, 3.05) is 23.8 Å². The lowest BCUT2D eigenvalue weighted by Crippen LogP contribution is -2.25. The van der Waals surface area contributed by atoms with Crippen molar-refractivity contribution in [2.24, 2.45) is 0 Å². The first-order valence-corrected chi connectivity index (χ1v) is 6.77. The van der Waals surface area contributed by atoms with E-state index in [0.717, 1.165) is 28.6 Å². The average Bonchev–Trinajstić information content (AvgIpc) is 2.74. The number of aliphatic hydroxyl groups excluding tert-OH is 1. The molecule has 100 valence electrons. The van der Waals surface area contributed by atoms with Crippen LogP contribution in [0.15, 0.2) is 18.2 Å². The van der Waals surface area contributed by atoms with E-state index in [1.54, 1.807) is 0 Å². The molecule has 19 heavy (non-hydrogen) atoms. The molecule has 0 bridgehead atoms. The predicted molar refractivity (Wildman–Crippen MR) is 73.2 cm³/mol. The summed E-state index contributed by atoms with van der Waals surface area (Å²) < 4.78 is 5.71. The lowest BCUT2D eigenvalue weighted by Gasteiger charge is -2.17. The highest BCUT2D eigenvalue weighted by Crippen LogP contribution is 2.29. The molecule has 0 radical (unpaired) electrons. The number of anilines is 2. The van der Waals surface area contributed by atoms with Gasteiger partial charge in [-0.2, -0.15) is 0 Å². The van der Waals surface area contributed by atoms with Crippen molar-refractivity contribution in [3.63, 3.8) is 0 Å². The molecule has 1 aliphatic heterocycles. The minimum absolute atomic E-state index is 0.0268. The fourth-order valence-electron chi connectivity index (χ4n) is 2.06. The van der Waals surface area contributed by atoms with Crippen LogP contribution in [-0.4, -0.2) is 28.5 Å².